The van der Waals surface area contributed by atoms with Gasteiger partial charge >= 0.3 is 0 Å². The van der Waals surface area contributed by atoms with Crippen LogP contribution in [0.5, 0.6) is 0 Å². The van der Waals surface area contributed by atoms with E-state index in [0.29, 0.717) is 10.7 Å². The van der Waals surface area contributed by atoms with Gasteiger partial charge in [-0.1, -0.05) is 0 Å². The average molecular weight is 358 g/mol. The molecule has 0 unspecified atom stereocenters. The molecule has 1 aromatic heterocycles. The molecule has 20 heavy (non-hydrogen) atoms. The summed E-state index contributed by atoms with van der Waals surface area (Å²) in [6.07, 6.45) is 1.70. The lowest BCUT2D eigenvalue weighted by atomic mass is 10.1. The summed E-state index contributed by atoms with van der Waals surface area (Å²) in [5.74, 6) is -0.159. The SMILES string of the molecule is O=C(C[n+]1ccccc1Cl)c1ccc([N+](=O)[O-])cc1.[Br-]. The Morgan fingerprint density at radius 3 is 2.40 bits per heavy atom. The molecule has 0 atom stereocenters. The molecule has 0 spiro atoms. The summed E-state index contributed by atoms with van der Waals surface area (Å²) in [6.45, 7) is 0.0947. The Labute approximate surface area is 130 Å². The predicted octanol–water partition coefficient (Wildman–Crippen LogP) is -0.577. The van der Waals surface area contributed by atoms with Crippen molar-refractivity contribution in [1.29, 1.82) is 0 Å². The van der Waals surface area contributed by atoms with Crippen LogP contribution in [0.15, 0.2) is 48.7 Å². The fraction of sp³-hybridized carbons (Fsp3) is 0.0769. The second-order valence-corrected chi connectivity index (χ2v) is 4.27. The maximum absolute atomic E-state index is 12.0. The van der Waals surface area contributed by atoms with Crippen LogP contribution < -0.4 is 21.5 Å². The highest BCUT2D eigenvalue weighted by Crippen LogP contribution is 2.12. The van der Waals surface area contributed by atoms with Crippen molar-refractivity contribution in [2.75, 3.05) is 0 Å². The van der Waals surface area contributed by atoms with Crippen molar-refractivity contribution in [1.82, 2.24) is 0 Å². The highest BCUT2D eigenvalue weighted by Gasteiger charge is 2.15. The van der Waals surface area contributed by atoms with Gasteiger partial charge in [-0.2, -0.15) is 4.57 Å². The van der Waals surface area contributed by atoms with Crippen molar-refractivity contribution >= 4 is 23.1 Å². The predicted molar refractivity (Wildman–Crippen MR) is 69.1 cm³/mol. The van der Waals surface area contributed by atoms with E-state index < -0.39 is 4.92 Å². The minimum atomic E-state index is -0.503. The van der Waals surface area contributed by atoms with Crippen LogP contribution in [0, 0.1) is 10.1 Å². The Hall–Kier alpha value is -1.79. The number of hydrogen-bond acceptors (Lipinski definition) is 3. The van der Waals surface area contributed by atoms with Crippen molar-refractivity contribution in [3.05, 3.63) is 69.5 Å². The van der Waals surface area contributed by atoms with Crippen LogP contribution in [0.3, 0.4) is 0 Å². The highest BCUT2D eigenvalue weighted by molar-refractivity contribution is 6.28. The third-order valence-corrected chi connectivity index (χ3v) is 2.94. The van der Waals surface area contributed by atoms with Gasteiger partial charge in [0.1, 0.15) is 0 Å². The molecule has 0 amide bonds. The Morgan fingerprint density at radius 1 is 1.20 bits per heavy atom. The van der Waals surface area contributed by atoms with E-state index in [0.717, 1.165) is 0 Å². The van der Waals surface area contributed by atoms with E-state index >= 15 is 0 Å². The van der Waals surface area contributed by atoms with E-state index in [1.54, 1.807) is 29.0 Å². The minimum absolute atomic E-state index is 0. The molecule has 0 N–H and O–H groups in total. The van der Waals surface area contributed by atoms with Crippen LogP contribution in [-0.4, -0.2) is 10.7 Å². The molecule has 1 heterocycles. The molecule has 0 fully saturated rings. The van der Waals surface area contributed by atoms with E-state index in [1.807, 2.05) is 0 Å². The van der Waals surface area contributed by atoms with Gasteiger partial charge in [-0.15, -0.1) is 0 Å². The van der Waals surface area contributed by atoms with Gasteiger partial charge < -0.3 is 17.0 Å². The molecule has 0 saturated carbocycles. The van der Waals surface area contributed by atoms with Crippen LogP contribution in [0.4, 0.5) is 5.69 Å². The lowest BCUT2D eigenvalue weighted by Gasteiger charge is -1.99. The molecular formula is C13H10BrClN2O3. The zero-order valence-electron chi connectivity index (χ0n) is 10.2. The molecule has 0 aliphatic rings. The van der Waals surface area contributed by atoms with Gasteiger partial charge in [-0.3, -0.25) is 14.9 Å². The summed E-state index contributed by atoms with van der Waals surface area (Å²) in [5, 5.41) is 11.0. The average Bonchev–Trinajstić information content (AvgIpc) is 2.41. The Kier molecular flexibility index (Phi) is 5.79. The fourth-order valence-corrected chi connectivity index (χ4v) is 1.79. The Bertz CT molecular complexity index is 632. The van der Waals surface area contributed by atoms with Gasteiger partial charge in [-0.25, -0.2) is 0 Å². The number of benzene rings is 1. The molecule has 5 nitrogen and oxygen atoms in total. The van der Waals surface area contributed by atoms with E-state index in [4.69, 9.17) is 11.6 Å². The summed E-state index contributed by atoms with van der Waals surface area (Å²) in [6, 6.07) is 10.7. The van der Waals surface area contributed by atoms with Crippen LogP contribution in [0.25, 0.3) is 0 Å². The molecule has 1 aromatic carbocycles. The van der Waals surface area contributed by atoms with E-state index in [1.165, 1.54) is 24.3 Å². The normalized spacial score (nSPS) is 9.65. The number of hydrogen-bond donors (Lipinski definition) is 0. The number of nitrogens with zero attached hydrogens (tertiary/aromatic N) is 2. The quantitative estimate of drug-likeness (QED) is 0.242. The third kappa shape index (κ3) is 3.85. The summed E-state index contributed by atoms with van der Waals surface area (Å²) < 4.78 is 1.60. The van der Waals surface area contributed by atoms with Crippen molar-refractivity contribution in [2.24, 2.45) is 0 Å². The van der Waals surface area contributed by atoms with E-state index in [9.17, 15) is 14.9 Å². The van der Waals surface area contributed by atoms with Gasteiger partial charge in [0, 0.05) is 29.8 Å². The number of carbonyl (C=O) groups is 1. The van der Waals surface area contributed by atoms with E-state index in [2.05, 4.69) is 0 Å². The smallest absolute Gasteiger partial charge is 0.275 e. The molecule has 0 aliphatic heterocycles. The highest BCUT2D eigenvalue weighted by atomic mass is 79.9. The molecule has 2 rings (SSSR count). The number of carbonyl (C=O) groups excluding carboxylic acids is 1. The number of ketones is 1. The van der Waals surface area contributed by atoms with Gasteiger partial charge in [0.2, 0.25) is 12.3 Å². The first-order valence-corrected chi connectivity index (χ1v) is 5.87. The molecule has 0 bridgehead atoms. The van der Waals surface area contributed by atoms with Crippen molar-refractivity contribution in [3.8, 4) is 0 Å². The zero-order valence-corrected chi connectivity index (χ0v) is 12.5. The monoisotopic (exact) mass is 356 g/mol. The van der Waals surface area contributed by atoms with Gasteiger partial charge in [-0.05, 0) is 29.8 Å². The summed E-state index contributed by atoms with van der Waals surface area (Å²) in [4.78, 5) is 22.0. The largest absolute Gasteiger partial charge is 1.00 e. The number of nitro benzene ring substituents is 1. The van der Waals surface area contributed by atoms with Crippen molar-refractivity contribution < 1.29 is 31.3 Å². The van der Waals surface area contributed by atoms with Gasteiger partial charge in [0.25, 0.3) is 10.8 Å². The molecular weight excluding hydrogens is 348 g/mol. The number of non-ortho nitro benzene ring substituents is 1. The maximum Gasteiger partial charge on any atom is 0.275 e. The van der Waals surface area contributed by atoms with Crippen LogP contribution in [-0.2, 0) is 6.54 Å². The fourth-order valence-electron chi connectivity index (χ4n) is 1.60. The number of Topliss-reactive ketones (excluding diaryl/α,β-unsaturated/α-hetero) is 1. The standard InChI is InChI=1S/C13H10ClN2O3.BrH/c14-13-3-1-2-8-15(13)9-12(17)10-4-6-11(7-5-10)16(18)19;/h1-8H,9H2;1H/q+1;/p-1. The number of rotatable bonds is 4. The van der Waals surface area contributed by atoms with Crippen LogP contribution in [0.1, 0.15) is 10.4 Å². The minimum Gasteiger partial charge on any atom is -1.00 e. The topological polar surface area (TPSA) is 64.1 Å². The first-order valence-electron chi connectivity index (χ1n) is 5.49. The summed E-state index contributed by atoms with van der Waals surface area (Å²) in [5.41, 5.74) is 0.375. The first kappa shape index (κ1) is 16.3. The summed E-state index contributed by atoms with van der Waals surface area (Å²) >= 11 is 5.94. The molecule has 7 heteroatoms. The second kappa shape index (κ2) is 7.12. The summed E-state index contributed by atoms with van der Waals surface area (Å²) in [7, 11) is 0. The van der Waals surface area contributed by atoms with Crippen molar-refractivity contribution in [2.45, 2.75) is 6.54 Å². The maximum atomic E-state index is 12.0. The third-order valence-electron chi connectivity index (χ3n) is 2.60. The molecule has 104 valence electrons. The molecule has 0 aliphatic carbocycles. The lowest BCUT2D eigenvalue weighted by Crippen LogP contribution is -3.00. The Balaban J connectivity index is 0.00000200. The van der Waals surface area contributed by atoms with Crippen LogP contribution in [0.2, 0.25) is 5.15 Å². The van der Waals surface area contributed by atoms with Crippen molar-refractivity contribution in [3.63, 3.8) is 0 Å². The Morgan fingerprint density at radius 2 is 1.85 bits per heavy atom. The lowest BCUT2D eigenvalue weighted by molar-refractivity contribution is -0.681. The molecule has 2 aromatic rings. The zero-order chi connectivity index (χ0) is 13.8. The van der Waals surface area contributed by atoms with Crippen LogP contribution >= 0.6 is 11.6 Å². The number of aromatic nitrogens is 1. The molecule has 0 saturated heterocycles. The number of nitro groups is 1. The molecule has 0 radical (unpaired) electrons. The van der Waals surface area contributed by atoms with Gasteiger partial charge in [0.05, 0.1) is 4.92 Å². The number of pyridine rings is 1. The first-order chi connectivity index (χ1) is 9.08. The van der Waals surface area contributed by atoms with E-state index in [-0.39, 0.29) is 35.0 Å². The van der Waals surface area contributed by atoms with Gasteiger partial charge in [0.15, 0.2) is 6.20 Å². The second-order valence-electron chi connectivity index (χ2n) is 3.88. The number of halogens is 2.